The van der Waals surface area contributed by atoms with Gasteiger partial charge in [-0.1, -0.05) is 13.8 Å². The Bertz CT molecular complexity index is 1560. The molecule has 25 nitrogen and oxygen atoms in total. The number of aliphatic imine (C=N–C) groups is 2. The predicted molar refractivity (Wildman–Crippen MR) is 222 cm³/mol. The van der Waals surface area contributed by atoms with E-state index in [9.17, 15) is 48.6 Å². The van der Waals surface area contributed by atoms with Gasteiger partial charge in [-0.3, -0.25) is 43.5 Å². The van der Waals surface area contributed by atoms with E-state index in [1.807, 2.05) is 0 Å². The number of carbonyl (C=O) groups excluding carboxylic acids is 6. The van der Waals surface area contributed by atoms with Crippen LogP contribution in [0.15, 0.2) is 9.98 Å². The van der Waals surface area contributed by atoms with E-state index in [0.29, 0.717) is 19.3 Å². The zero-order chi connectivity index (χ0) is 46.2. The number of hydrogen-bond acceptors (Lipinski definition) is 13. The summed E-state index contributed by atoms with van der Waals surface area (Å²) in [5.41, 5.74) is 33.0. The van der Waals surface area contributed by atoms with Gasteiger partial charge in [-0.15, -0.1) is 0 Å². The van der Waals surface area contributed by atoms with Gasteiger partial charge < -0.3 is 81.2 Å². The Morgan fingerprint density at radius 2 is 1.18 bits per heavy atom. The van der Waals surface area contributed by atoms with E-state index in [1.54, 1.807) is 13.8 Å². The average molecular weight is 871 g/mol. The van der Waals surface area contributed by atoms with Crippen LogP contribution in [-0.4, -0.2) is 155 Å². The molecule has 0 unspecified atom stereocenters. The Kier molecular flexibility index (Phi) is 24.3. The summed E-state index contributed by atoms with van der Waals surface area (Å²) < 4.78 is 0. The molecule has 61 heavy (non-hydrogen) atoms. The molecule has 1 saturated heterocycles. The highest BCUT2D eigenvalue weighted by atomic mass is 16.4. The molecule has 7 atom stereocenters. The molecule has 1 aliphatic rings. The number of aliphatic hydroxyl groups is 1. The molecule has 0 aromatic carbocycles. The topological polar surface area (TPSA) is 441 Å². The highest BCUT2D eigenvalue weighted by Gasteiger charge is 2.40. The van der Waals surface area contributed by atoms with Crippen LogP contribution in [0.3, 0.4) is 0 Å². The minimum atomic E-state index is -1.77. The average Bonchev–Trinajstić information content (AvgIpc) is 3.68. The van der Waals surface area contributed by atoms with Crippen LogP contribution in [0.25, 0.3) is 0 Å². The summed E-state index contributed by atoms with van der Waals surface area (Å²) in [7, 11) is 0. The van der Waals surface area contributed by atoms with Crippen LogP contribution >= 0.6 is 0 Å². The van der Waals surface area contributed by atoms with Crippen molar-refractivity contribution < 1.29 is 53.7 Å². The fourth-order valence-corrected chi connectivity index (χ4v) is 6.32. The van der Waals surface area contributed by atoms with E-state index in [1.165, 1.54) is 4.90 Å². The summed E-state index contributed by atoms with van der Waals surface area (Å²) in [6.45, 7) is 3.36. The number of likely N-dealkylation sites (tertiary alicyclic amines) is 1. The van der Waals surface area contributed by atoms with Crippen LogP contribution in [0.2, 0.25) is 0 Å². The van der Waals surface area contributed by atoms with Crippen LogP contribution in [0.5, 0.6) is 0 Å². The van der Waals surface area contributed by atoms with Crippen molar-refractivity contribution in [1.29, 1.82) is 0 Å². The molecule has 0 aromatic heterocycles. The molecule has 1 rings (SSSR count). The maximum Gasteiger partial charge on any atom is 0.326 e. The van der Waals surface area contributed by atoms with Gasteiger partial charge in [0.05, 0.1) is 13.0 Å². The summed E-state index contributed by atoms with van der Waals surface area (Å²) in [6.07, 6.45) is 1.04. The number of rotatable bonds is 29. The second-order valence-corrected chi connectivity index (χ2v) is 15.0. The molecule has 0 saturated carbocycles. The van der Waals surface area contributed by atoms with Gasteiger partial charge in [-0.25, -0.2) is 4.79 Å². The van der Waals surface area contributed by atoms with Gasteiger partial charge >= 0.3 is 11.9 Å². The lowest BCUT2D eigenvalue weighted by Crippen LogP contribution is -2.59. The normalized spacial score (nSPS) is 16.4. The smallest absolute Gasteiger partial charge is 0.326 e. The van der Waals surface area contributed by atoms with Gasteiger partial charge in [0.25, 0.3) is 0 Å². The van der Waals surface area contributed by atoms with Gasteiger partial charge in [-0.05, 0) is 76.7 Å². The van der Waals surface area contributed by atoms with Crippen molar-refractivity contribution in [2.45, 2.75) is 127 Å². The van der Waals surface area contributed by atoms with Gasteiger partial charge in [0, 0.05) is 19.6 Å². The lowest BCUT2D eigenvalue weighted by atomic mass is 10.0. The van der Waals surface area contributed by atoms with Crippen molar-refractivity contribution in [2.24, 2.45) is 50.3 Å². The predicted octanol–water partition coefficient (Wildman–Crippen LogP) is -5.44. The summed E-state index contributed by atoms with van der Waals surface area (Å²) in [5, 5.41) is 40.5. The minimum absolute atomic E-state index is 0.00433. The number of nitrogens with zero attached hydrogens (tertiary/aromatic N) is 3. The Labute approximate surface area is 354 Å². The quantitative estimate of drug-likeness (QED) is 0.0189. The monoisotopic (exact) mass is 871 g/mol. The maximum atomic E-state index is 14.3. The van der Waals surface area contributed by atoms with E-state index < -0.39 is 103 Å². The second-order valence-electron chi connectivity index (χ2n) is 15.0. The molecule has 25 heteroatoms. The number of hydrogen-bond donors (Lipinski definition) is 14. The van der Waals surface area contributed by atoms with Gasteiger partial charge in [-0.2, -0.15) is 0 Å². The van der Waals surface area contributed by atoms with E-state index in [0.717, 1.165) is 0 Å². The summed E-state index contributed by atoms with van der Waals surface area (Å²) >= 11 is 0. The van der Waals surface area contributed by atoms with Gasteiger partial charge in [0.2, 0.25) is 35.4 Å². The van der Waals surface area contributed by atoms with Crippen molar-refractivity contribution >= 4 is 59.3 Å². The number of amides is 6. The molecule has 0 spiro atoms. The zero-order valence-electron chi connectivity index (χ0n) is 34.8. The highest BCUT2D eigenvalue weighted by molar-refractivity contribution is 5.97. The number of aliphatic carboxylic acids is 2. The standard InChI is InChI=1S/C36H66N14O11/c1-19(2)16-24(31(57)49-25(34(60)61)17-27(52)53)48-30(56)21(8-3-4-12-37)46-32(58)26-11-7-15-50(26)33(59)23(10-6-14-44-36(41)42)47-29(55)22(9-5-13-43-35(39)40)45-28(54)20(38)18-51/h19-26,51H,3-18,37-38H2,1-2H3,(H,45,54)(H,46,58)(H,47,55)(H,48,56)(H,49,57)(H,52,53)(H,60,61)(H4,39,40,43)(H4,41,42,44)/t20-,21-,22-,23-,24-,25-,26-/m0/s1. The number of carboxylic acid groups (broad SMARTS) is 2. The van der Waals surface area contributed by atoms with Crippen molar-refractivity contribution in [3.63, 3.8) is 0 Å². The minimum Gasteiger partial charge on any atom is -0.481 e. The number of nitrogens with one attached hydrogen (secondary N) is 5. The fraction of sp³-hybridized carbons (Fsp3) is 0.722. The number of carbonyl (C=O) groups is 8. The van der Waals surface area contributed by atoms with Gasteiger partial charge in [0.15, 0.2) is 11.9 Å². The van der Waals surface area contributed by atoms with E-state index >= 15 is 0 Å². The number of guanidine groups is 2. The SMILES string of the molecule is CC(C)C[C@H](NC(=O)[C@H](CCCCN)NC(=O)[C@@H]1CCCN1C(=O)[C@H](CCCN=C(N)N)NC(=O)[C@H](CCCN=C(N)N)NC(=O)[C@@H](N)CO)C(=O)N[C@@H](CC(=O)O)C(=O)O. The summed E-state index contributed by atoms with van der Waals surface area (Å²) in [5.74, 6) is -8.32. The lowest BCUT2D eigenvalue weighted by molar-refractivity contribution is -0.147. The number of aliphatic hydroxyl groups excluding tert-OH is 1. The Morgan fingerprint density at radius 1 is 0.689 bits per heavy atom. The molecule has 1 heterocycles. The third-order valence-electron chi connectivity index (χ3n) is 9.42. The summed E-state index contributed by atoms with van der Waals surface area (Å²) in [4.78, 5) is 113. The van der Waals surface area contributed by atoms with Gasteiger partial charge in [0.1, 0.15) is 42.3 Å². The van der Waals surface area contributed by atoms with Crippen LogP contribution in [0.4, 0.5) is 0 Å². The second kappa shape index (κ2) is 27.8. The molecule has 0 radical (unpaired) electrons. The number of nitrogens with two attached hydrogens (primary N) is 6. The van der Waals surface area contributed by atoms with Crippen molar-refractivity contribution in [2.75, 3.05) is 32.8 Å². The number of carboxylic acids is 2. The molecule has 0 aromatic rings. The first-order valence-electron chi connectivity index (χ1n) is 20.2. The molecule has 1 fully saturated rings. The molecular formula is C36H66N14O11. The third-order valence-corrected chi connectivity index (χ3v) is 9.42. The first-order valence-corrected chi connectivity index (χ1v) is 20.2. The zero-order valence-corrected chi connectivity index (χ0v) is 34.8. The highest BCUT2D eigenvalue weighted by Crippen LogP contribution is 2.21. The lowest BCUT2D eigenvalue weighted by Gasteiger charge is -2.31. The molecule has 0 aliphatic carbocycles. The fourth-order valence-electron chi connectivity index (χ4n) is 6.32. The Morgan fingerprint density at radius 3 is 1.69 bits per heavy atom. The van der Waals surface area contributed by atoms with Crippen LogP contribution in [0.1, 0.15) is 84.5 Å². The maximum absolute atomic E-state index is 14.3. The van der Waals surface area contributed by atoms with E-state index in [2.05, 4.69) is 36.6 Å². The first-order chi connectivity index (χ1) is 28.7. The Balaban J connectivity index is 3.40. The molecule has 6 amide bonds. The molecule has 346 valence electrons. The largest absolute Gasteiger partial charge is 0.481 e. The van der Waals surface area contributed by atoms with Crippen LogP contribution in [-0.2, 0) is 38.4 Å². The number of unbranched alkanes of at least 4 members (excludes halogenated alkanes) is 1. The Hall–Kier alpha value is -5.82. The third kappa shape index (κ3) is 20.3. The molecule has 20 N–H and O–H groups in total. The van der Waals surface area contributed by atoms with Crippen molar-refractivity contribution in [3.05, 3.63) is 0 Å². The van der Waals surface area contributed by atoms with Crippen molar-refractivity contribution in [1.82, 2.24) is 31.5 Å². The van der Waals surface area contributed by atoms with Crippen molar-refractivity contribution in [3.8, 4) is 0 Å². The molecular weight excluding hydrogens is 804 g/mol. The van der Waals surface area contributed by atoms with E-state index in [-0.39, 0.29) is 89.0 Å². The van der Waals surface area contributed by atoms with Crippen LogP contribution < -0.4 is 61.0 Å². The van der Waals surface area contributed by atoms with E-state index in [4.69, 9.17) is 39.5 Å². The first kappa shape index (κ1) is 53.2. The molecule has 0 bridgehead atoms. The molecule has 1 aliphatic heterocycles. The summed E-state index contributed by atoms with van der Waals surface area (Å²) in [6, 6.07) is -9.26. The van der Waals surface area contributed by atoms with Crippen LogP contribution in [0, 0.1) is 5.92 Å².